The molecule has 1 saturated heterocycles. The van der Waals surface area contributed by atoms with Crippen LogP contribution in [0.1, 0.15) is 62.2 Å². The van der Waals surface area contributed by atoms with E-state index in [9.17, 15) is 39.6 Å². The first-order valence-electron chi connectivity index (χ1n) is 14.2. The number of sulfonamides is 1. The predicted octanol–water partition coefficient (Wildman–Crippen LogP) is 6.04. The third-order valence-corrected chi connectivity index (χ3v) is 9.85. The fourth-order valence-electron chi connectivity index (χ4n) is 5.31. The molecule has 1 fully saturated rings. The van der Waals surface area contributed by atoms with Crippen LogP contribution in [0.25, 0.3) is 22.2 Å². The van der Waals surface area contributed by atoms with Crippen molar-refractivity contribution in [3.63, 3.8) is 0 Å². The molecule has 10 nitrogen and oxygen atoms in total. The van der Waals surface area contributed by atoms with Gasteiger partial charge in [-0.25, -0.2) is 22.8 Å². The van der Waals surface area contributed by atoms with E-state index in [0.29, 0.717) is 28.0 Å². The summed E-state index contributed by atoms with van der Waals surface area (Å²) in [4.78, 5) is 27.7. The second-order valence-electron chi connectivity index (χ2n) is 11.1. The van der Waals surface area contributed by atoms with Gasteiger partial charge in [-0.15, -0.1) is 0 Å². The molecule has 4 aromatic rings. The van der Waals surface area contributed by atoms with Crippen LogP contribution >= 0.6 is 0 Å². The maximum Gasteiger partial charge on any atom is 0.451 e. The van der Waals surface area contributed by atoms with Crippen LogP contribution in [0.4, 0.5) is 30.7 Å². The molecule has 5 rings (SSSR count). The number of halogens is 7. The number of furan rings is 1. The number of amides is 1. The van der Waals surface area contributed by atoms with E-state index in [0.717, 1.165) is 18.5 Å². The summed E-state index contributed by atoms with van der Waals surface area (Å²) in [6.07, 6.45) is -8.11. The Labute approximate surface area is 263 Å². The molecule has 252 valence electrons. The van der Waals surface area contributed by atoms with Crippen molar-refractivity contribution in [2.75, 3.05) is 0 Å². The first-order chi connectivity index (χ1) is 21.9. The fraction of sp³-hybridized carbons (Fsp3) is 0.414. The molecule has 4 aromatic heterocycles. The van der Waals surface area contributed by atoms with Crippen molar-refractivity contribution in [1.29, 1.82) is 0 Å². The number of aromatic nitrogens is 4. The zero-order chi connectivity index (χ0) is 34.5. The minimum atomic E-state index is -4.95. The van der Waals surface area contributed by atoms with Crippen LogP contribution in [0.15, 0.2) is 52.5 Å². The van der Waals surface area contributed by atoms with Crippen LogP contribution < -0.4 is 5.32 Å². The second-order valence-corrected chi connectivity index (χ2v) is 12.8. The number of carbonyl (C=O) groups is 1. The molecular weight excluding hydrogens is 661 g/mol. The molecule has 5 heterocycles. The summed E-state index contributed by atoms with van der Waals surface area (Å²) >= 11 is 0. The van der Waals surface area contributed by atoms with Crippen molar-refractivity contribution in [3.8, 4) is 11.3 Å². The summed E-state index contributed by atoms with van der Waals surface area (Å²) in [5.74, 6) is -2.59. The fourth-order valence-corrected chi connectivity index (χ4v) is 7.06. The Bertz CT molecular complexity index is 1900. The largest absolute Gasteiger partial charge is 0.451 e. The molecule has 0 radical (unpaired) electrons. The van der Waals surface area contributed by atoms with E-state index in [1.165, 1.54) is 25.3 Å². The number of nitrogens with one attached hydrogen (secondary N) is 1. The van der Waals surface area contributed by atoms with Gasteiger partial charge in [-0.3, -0.25) is 14.8 Å². The smallest absolute Gasteiger partial charge is 0.443 e. The summed E-state index contributed by atoms with van der Waals surface area (Å²) < 4.78 is 129. The molecule has 1 aliphatic heterocycles. The molecule has 1 N–H and O–H groups in total. The molecule has 47 heavy (non-hydrogen) atoms. The van der Waals surface area contributed by atoms with Crippen LogP contribution in [0.3, 0.4) is 0 Å². The van der Waals surface area contributed by atoms with Gasteiger partial charge in [0.15, 0.2) is 0 Å². The van der Waals surface area contributed by atoms with Gasteiger partial charge in [0, 0.05) is 54.8 Å². The normalized spacial score (nSPS) is 20.1. The highest BCUT2D eigenvalue weighted by atomic mass is 32.2. The van der Waals surface area contributed by atoms with Gasteiger partial charge >= 0.3 is 12.4 Å². The Morgan fingerprint density at radius 3 is 2.36 bits per heavy atom. The molecule has 1 amide bonds. The highest BCUT2D eigenvalue weighted by Gasteiger charge is 2.50. The maximum absolute atomic E-state index is 15.0. The molecule has 0 saturated carbocycles. The summed E-state index contributed by atoms with van der Waals surface area (Å²) in [6, 6.07) is 0.633. The molecule has 0 aliphatic carbocycles. The first kappa shape index (κ1) is 34.2. The van der Waals surface area contributed by atoms with E-state index in [1.807, 2.05) is 13.8 Å². The summed E-state index contributed by atoms with van der Waals surface area (Å²) in [7, 11) is -4.64. The molecular formula is C29H27F7N6O4S. The summed E-state index contributed by atoms with van der Waals surface area (Å²) in [5, 5.41) is 2.13. The van der Waals surface area contributed by atoms with Gasteiger partial charge in [-0.1, -0.05) is 13.8 Å². The zero-order valence-electron chi connectivity index (χ0n) is 24.9. The van der Waals surface area contributed by atoms with Crippen molar-refractivity contribution in [1.82, 2.24) is 29.6 Å². The highest BCUT2D eigenvalue weighted by molar-refractivity contribution is 7.89. The van der Waals surface area contributed by atoms with Crippen LogP contribution in [-0.2, 0) is 33.7 Å². The van der Waals surface area contributed by atoms with Gasteiger partial charge in [0.1, 0.15) is 17.8 Å². The second kappa shape index (κ2) is 12.4. The van der Waals surface area contributed by atoms with Crippen molar-refractivity contribution < 1.29 is 48.4 Å². The Hall–Kier alpha value is -4.19. The lowest BCUT2D eigenvalue weighted by Crippen LogP contribution is -2.48. The number of pyridine rings is 2. The molecule has 18 heteroatoms. The van der Waals surface area contributed by atoms with E-state index < -0.39 is 81.5 Å². The van der Waals surface area contributed by atoms with Crippen molar-refractivity contribution in [3.05, 3.63) is 65.6 Å². The number of hydrogen-bond acceptors (Lipinski definition) is 8. The summed E-state index contributed by atoms with van der Waals surface area (Å²) in [5.41, 5.74) is -1.38. The van der Waals surface area contributed by atoms with Gasteiger partial charge < -0.3 is 9.73 Å². The third-order valence-electron chi connectivity index (χ3n) is 8.00. The predicted molar refractivity (Wildman–Crippen MR) is 152 cm³/mol. The molecule has 0 aromatic carbocycles. The van der Waals surface area contributed by atoms with Crippen molar-refractivity contribution >= 4 is 26.9 Å². The average Bonchev–Trinajstić information content (AvgIpc) is 3.60. The Morgan fingerprint density at radius 2 is 1.74 bits per heavy atom. The minimum Gasteiger partial charge on any atom is -0.443 e. The van der Waals surface area contributed by atoms with E-state index in [2.05, 4.69) is 25.3 Å². The number of alkyl halides is 7. The molecule has 0 spiro atoms. The lowest BCUT2D eigenvalue weighted by Gasteiger charge is -2.25. The molecule has 1 unspecified atom stereocenters. The van der Waals surface area contributed by atoms with Gasteiger partial charge in [0.25, 0.3) is 10.0 Å². The van der Waals surface area contributed by atoms with Crippen LogP contribution in [0.2, 0.25) is 0 Å². The zero-order valence-corrected chi connectivity index (χ0v) is 25.7. The highest BCUT2D eigenvalue weighted by Crippen LogP contribution is 2.37. The van der Waals surface area contributed by atoms with E-state index in [-0.39, 0.29) is 22.8 Å². The SMILES string of the molecule is CCC(C)c1nccc2oc(S(=O)(=O)N3[C@H](C(=O)NCc4cc(-c5cnc(C(F)(F)F)nc5)ncc4C(F)(F)F)C[C@@H](F)[C@@H]3C)cc12. The lowest BCUT2D eigenvalue weighted by atomic mass is 10.0. The van der Waals surface area contributed by atoms with Crippen LogP contribution in [-0.4, -0.2) is 56.8 Å². The average molecular weight is 689 g/mol. The molecule has 4 atom stereocenters. The van der Waals surface area contributed by atoms with E-state index >= 15 is 4.39 Å². The van der Waals surface area contributed by atoms with Crippen molar-refractivity contribution in [2.24, 2.45) is 0 Å². The Balaban J connectivity index is 1.43. The van der Waals surface area contributed by atoms with E-state index in [1.54, 1.807) is 0 Å². The molecule has 0 bridgehead atoms. The number of fused-ring (bicyclic) bond motifs is 1. The van der Waals surface area contributed by atoms with Gasteiger partial charge in [-0.2, -0.15) is 30.6 Å². The number of rotatable bonds is 8. The summed E-state index contributed by atoms with van der Waals surface area (Å²) in [6.45, 7) is 4.27. The standard InChI is InChI=1S/C29H27F7N6O4S/c1-4-14(2)25-18-8-24(46-23(18)5-6-37-25)47(44,45)42-15(3)20(30)9-22(42)26(43)39-10-16-7-21(38-13-19(16)28(31,32)33)17-11-40-27(41-12-17)29(34,35)36/h5-8,11-15,20,22H,4,9-10H2,1-3H3,(H,39,43)/t14?,15-,20+,22-/m0/s1. The quantitative estimate of drug-likeness (QED) is 0.222. The van der Waals surface area contributed by atoms with Gasteiger partial charge in [-0.05, 0) is 37.0 Å². The van der Waals surface area contributed by atoms with E-state index in [4.69, 9.17) is 4.42 Å². The van der Waals surface area contributed by atoms with Crippen LogP contribution in [0.5, 0.6) is 0 Å². The van der Waals surface area contributed by atoms with Gasteiger partial charge in [0.2, 0.25) is 16.8 Å². The number of hydrogen-bond donors (Lipinski definition) is 1. The monoisotopic (exact) mass is 688 g/mol. The third kappa shape index (κ3) is 6.65. The number of carbonyl (C=O) groups excluding carboxylic acids is 1. The number of nitrogens with zero attached hydrogens (tertiary/aromatic N) is 5. The maximum atomic E-state index is 15.0. The van der Waals surface area contributed by atoms with Gasteiger partial charge in [0.05, 0.1) is 23.0 Å². The lowest BCUT2D eigenvalue weighted by molar-refractivity contribution is -0.145. The minimum absolute atomic E-state index is 0.0478. The topological polar surface area (TPSA) is 131 Å². The Kier molecular flexibility index (Phi) is 9.04. The molecule has 1 aliphatic rings. The first-order valence-corrected chi connectivity index (χ1v) is 15.7. The Morgan fingerprint density at radius 1 is 1.06 bits per heavy atom. The van der Waals surface area contributed by atoms with Crippen LogP contribution in [0, 0.1) is 0 Å². The van der Waals surface area contributed by atoms with Crippen molar-refractivity contribution in [2.45, 2.75) is 81.8 Å².